The first-order valence-electron chi connectivity index (χ1n) is 12.2. The summed E-state index contributed by atoms with van der Waals surface area (Å²) in [5.74, 6) is -4.47. The average molecular weight is 489 g/mol. The van der Waals surface area contributed by atoms with Gasteiger partial charge in [-0.15, -0.1) is 0 Å². The van der Waals surface area contributed by atoms with E-state index in [0.29, 0.717) is 18.4 Å². The van der Waals surface area contributed by atoms with Crippen molar-refractivity contribution in [3.8, 4) is 33.4 Å². The molecule has 0 aliphatic heterocycles. The lowest BCUT2D eigenvalue weighted by Crippen LogP contribution is -2.00. The van der Waals surface area contributed by atoms with Crippen molar-refractivity contribution in [2.24, 2.45) is 0 Å². The molecule has 0 unspecified atom stereocenters. The van der Waals surface area contributed by atoms with Crippen molar-refractivity contribution in [2.75, 3.05) is 0 Å². The second-order valence-electron chi connectivity index (χ2n) is 8.82. The number of benzene rings is 4. The third-order valence-corrected chi connectivity index (χ3v) is 6.37. The Hall–Kier alpha value is -3.66. The third-order valence-electron chi connectivity index (χ3n) is 6.37. The van der Waals surface area contributed by atoms with Crippen LogP contribution in [-0.2, 0) is 12.8 Å². The highest BCUT2D eigenvalue weighted by molar-refractivity contribution is 5.74. The van der Waals surface area contributed by atoms with Crippen LogP contribution in [0.3, 0.4) is 0 Å². The molecule has 4 rings (SSSR count). The number of halogens is 4. The first-order chi connectivity index (χ1) is 17.4. The van der Waals surface area contributed by atoms with Crippen molar-refractivity contribution in [1.29, 1.82) is 0 Å². The van der Waals surface area contributed by atoms with Gasteiger partial charge in [-0.25, -0.2) is 17.6 Å². The van der Waals surface area contributed by atoms with Crippen LogP contribution in [0.4, 0.5) is 17.6 Å². The number of hydrogen-bond donors (Lipinski definition) is 0. The van der Waals surface area contributed by atoms with Crippen LogP contribution >= 0.6 is 0 Å². The topological polar surface area (TPSA) is 0 Å². The molecule has 4 heteroatoms. The second-order valence-corrected chi connectivity index (χ2v) is 8.82. The van der Waals surface area contributed by atoms with Gasteiger partial charge in [-0.1, -0.05) is 98.3 Å². The minimum Gasteiger partial charge on any atom is -0.203 e. The Morgan fingerprint density at radius 1 is 0.556 bits per heavy atom. The van der Waals surface area contributed by atoms with E-state index in [1.807, 2.05) is 32.1 Å². The van der Waals surface area contributed by atoms with Crippen molar-refractivity contribution in [3.63, 3.8) is 0 Å². The highest BCUT2D eigenvalue weighted by Gasteiger charge is 2.21. The predicted molar refractivity (Wildman–Crippen MR) is 140 cm³/mol. The summed E-state index contributed by atoms with van der Waals surface area (Å²) in [5.41, 5.74) is 3.42. The largest absolute Gasteiger partial charge is 0.203 e. The smallest absolute Gasteiger partial charge is 0.167 e. The molecule has 0 nitrogen and oxygen atoms in total. The van der Waals surface area contributed by atoms with E-state index in [9.17, 15) is 8.78 Å². The van der Waals surface area contributed by atoms with Crippen LogP contribution < -0.4 is 0 Å². The second kappa shape index (κ2) is 11.4. The Bertz CT molecular complexity index is 1370. The zero-order valence-electron chi connectivity index (χ0n) is 20.4. The van der Waals surface area contributed by atoms with E-state index < -0.39 is 23.3 Å². The molecule has 0 heterocycles. The van der Waals surface area contributed by atoms with Crippen LogP contribution in [0.2, 0.25) is 0 Å². The molecule has 0 fully saturated rings. The monoisotopic (exact) mass is 488 g/mol. The summed E-state index contributed by atoms with van der Waals surface area (Å²) in [6.07, 6.45) is 7.17. The molecule has 0 spiro atoms. The molecule has 0 aliphatic carbocycles. The van der Waals surface area contributed by atoms with Gasteiger partial charge in [-0.3, -0.25) is 0 Å². The summed E-state index contributed by atoms with van der Waals surface area (Å²) in [6, 6.07) is 20.9. The molecule has 0 amide bonds. The number of aryl methyl sites for hydroxylation is 2. The maximum atomic E-state index is 15.1. The fourth-order valence-corrected chi connectivity index (χ4v) is 4.36. The fraction of sp³-hybridized carbons (Fsp3) is 0.188. The van der Waals surface area contributed by atoms with E-state index in [1.165, 1.54) is 29.8 Å². The summed E-state index contributed by atoms with van der Waals surface area (Å²) in [4.78, 5) is 0. The quantitative estimate of drug-likeness (QED) is 0.171. The van der Waals surface area contributed by atoms with Crippen LogP contribution in [0.5, 0.6) is 0 Å². The molecule has 184 valence electrons. The molecule has 0 bridgehead atoms. The van der Waals surface area contributed by atoms with Gasteiger partial charge < -0.3 is 0 Å². The predicted octanol–water partition coefficient (Wildman–Crippen LogP) is 9.71. The van der Waals surface area contributed by atoms with E-state index in [1.54, 1.807) is 12.1 Å². The van der Waals surface area contributed by atoms with Gasteiger partial charge in [0.15, 0.2) is 23.3 Å². The molecule has 0 N–H and O–H groups in total. The van der Waals surface area contributed by atoms with E-state index >= 15 is 8.78 Å². The minimum absolute atomic E-state index is 0.0608. The Kier molecular flexibility index (Phi) is 8.04. The third kappa shape index (κ3) is 5.28. The highest BCUT2D eigenvalue weighted by atomic mass is 19.2. The summed E-state index contributed by atoms with van der Waals surface area (Å²) in [6.45, 7) is 3.86. The van der Waals surface area contributed by atoms with Crippen LogP contribution in [0, 0.1) is 23.3 Å². The van der Waals surface area contributed by atoms with E-state index in [-0.39, 0.29) is 22.3 Å². The fourth-order valence-electron chi connectivity index (χ4n) is 4.36. The molecular weight excluding hydrogens is 460 g/mol. The van der Waals surface area contributed by atoms with Gasteiger partial charge in [-0.05, 0) is 54.0 Å². The maximum absolute atomic E-state index is 15.1. The molecule has 0 saturated heterocycles. The molecule has 0 saturated carbocycles. The Morgan fingerprint density at radius 2 is 1.06 bits per heavy atom. The lowest BCUT2D eigenvalue weighted by molar-refractivity contribution is 0.495. The van der Waals surface area contributed by atoms with Crippen molar-refractivity contribution in [2.45, 2.75) is 39.5 Å². The summed E-state index contributed by atoms with van der Waals surface area (Å²) < 4.78 is 59.1. The van der Waals surface area contributed by atoms with Crippen LogP contribution in [-0.4, -0.2) is 0 Å². The summed E-state index contributed by atoms with van der Waals surface area (Å²) >= 11 is 0. The van der Waals surface area contributed by atoms with Crippen LogP contribution in [0.25, 0.3) is 33.4 Å². The summed E-state index contributed by atoms with van der Waals surface area (Å²) in [7, 11) is 0. The van der Waals surface area contributed by atoms with E-state index in [4.69, 9.17) is 0 Å². The van der Waals surface area contributed by atoms with Crippen LogP contribution in [0.15, 0.2) is 84.9 Å². The van der Waals surface area contributed by atoms with Crippen LogP contribution in [0.1, 0.15) is 37.8 Å². The number of allylic oxidation sites excluding steroid dienone is 2. The zero-order chi connectivity index (χ0) is 25.7. The molecule has 36 heavy (non-hydrogen) atoms. The van der Waals surface area contributed by atoms with Crippen molar-refractivity contribution in [1.82, 2.24) is 0 Å². The minimum atomic E-state index is -1.20. The molecule has 0 aliphatic rings. The lowest BCUT2D eigenvalue weighted by atomic mass is 9.95. The van der Waals surface area contributed by atoms with Gasteiger partial charge in [0, 0.05) is 16.7 Å². The molecule has 4 aromatic rings. The first kappa shape index (κ1) is 25.4. The van der Waals surface area contributed by atoms with Gasteiger partial charge in [0.1, 0.15) is 0 Å². The van der Waals surface area contributed by atoms with Crippen molar-refractivity contribution < 1.29 is 17.6 Å². The normalized spacial score (nSPS) is 11.4. The molecule has 0 aromatic heterocycles. The number of rotatable bonds is 8. The molecule has 0 radical (unpaired) electrons. The van der Waals surface area contributed by atoms with Gasteiger partial charge in [-0.2, -0.15) is 0 Å². The summed E-state index contributed by atoms with van der Waals surface area (Å²) in [5, 5.41) is 0. The maximum Gasteiger partial charge on any atom is 0.167 e. The van der Waals surface area contributed by atoms with Crippen molar-refractivity contribution >= 4 is 0 Å². The van der Waals surface area contributed by atoms with Crippen molar-refractivity contribution in [3.05, 3.63) is 119 Å². The highest BCUT2D eigenvalue weighted by Crippen LogP contribution is 2.35. The Morgan fingerprint density at radius 3 is 1.67 bits per heavy atom. The van der Waals surface area contributed by atoms with Gasteiger partial charge in [0.25, 0.3) is 0 Å². The molecular formula is C32H28F4. The SMILES string of the molecule is C/C=C/CCc1ccc(-c2ccc(-c3ccc(-c4ccc(CCC)c(F)c4F)c(F)c3F)cc2)cc1. The number of hydrogen-bond acceptors (Lipinski definition) is 0. The van der Waals surface area contributed by atoms with E-state index in [2.05, 4.69) is 30.3 Å². The zero-order valence-corrected chi connectivity index (χ0v) is 20.4. The lowest BCUT2D eigenvalue weighted by Gasteiger charge is -2.12. The average Bonchev–Trinajstić information content (AvgIpc) is 2.90. The van der Waals surface area contributed by atoms with Gasteiger partial charge in [0.05, 0.1) is 0 Å². The molecule has 0 atom stereocenters. The molecule has 4 aromatic carbocycles. The van der Waals surface area contributed by atoms with E-state index in [0.717, 1.165) is 24.0 Å². The Labute approximate surface area is 209 Å². The first-order valence-corrected chi connectivity index (χ1v) is 12.2. The van der Waals surface area contributed by atoms with Gasteiger partial charge >= 0.3 is 0 Å². The van der Waals surface area contributed by atoms with Gasteiger partial charge in [0.2, 0.25) is 0 Å². The Balaban J connectivity index is 1.59. The standard InChI is InChI=1S/C32H28F4/c1-3-5-6-8-21-9-11-22(12-10-21)23-13-15-24(16-14-23)26-19-20-28(32(36)30(26)34)27-18-17-25(7-4-2)29(33)31(27)35/h3,5,9-20H,4,6-8H2,1-2H3/b5-3+.